The molecule has 0 amide bonds. The lowest BCUT2D eigenvalue weighted by molar-refractivity contribution is 0.295. The van der Waals surface area contributed by atoms with Crippen molar-refractivity contribution in [1.29, 1.82) is 0 Å². The molecule has 1 aliphatic carbocycles. The smallest absolute Gasteiger partial charge is 0.246 e. The van der Waals surface area contributed by atoms with Gasteiger partial charge in [-0.05, 0) is 37.4 Å². The van der Waals surface area contributed by atoms with Gasteiger partial charge in [0.2, 0.25) is 10.0 Å². The summed E-state index contributed by atoms with van der Waals surface area (Å²) in [7, 11) is -4.22. The van der Waals surface area contributed by atoms with Gasteiger partial charge in [0.1, 0.15) is 11.6 Å². The Bertz CT molecular complexity index is 557. The van der Waals surface area contributed by atoms with Crippen LogP contribution in [0.3, 0.4) is 0 Å². The topological polar surface area (TPSA) is 72.2 Å². The number of hydrogen-bond acceptors (Lipinski definition) is 3. The average Bonchev–Trinajstić information content (AvgIpc) is 2.38. The fraction of sp³-hybridized carbons (Fsp3) is 0.538. The van der Waals surface area contributed by atoms with Crippen LogP contribution in [0.25, 0.3) is 0 Å². The van der Waals surface area contributed by atoms with Crippen LogP contribution in [0.1, 0.15) is 25.7 Å². The van der Waals surface area contributed by atoms with E-state index in [9.17, 15) is 17.2 Å². The molecule has 1 aliphatic rings. The highest BCUT2D eigenvalue weighted by atomic mass is 32.2. The van der Waals surface area contributed by atoms with Crippen molar-refractivity contribution in [3.63, 3.8) is 0 Å². The maximum absolute atomic E-state index is 13.6. The molecule has 0 aromatic heterocycles. The number of benzene rings is 1. The van der Waals surface area contributed by atoms with Crippen molar-refractivity contribution in [3.05, 3.63) is 29.8 Å². The van der Waals surface area contributed by atoms with Crippen LogP contribution in [-0.2, 0) is 10.0 Å². The van der Waals surface area contributed by atoms with Gasteiger partial charge < -0.3 is 5.73 Å². The highest BCUT2D eigenvalue weighted by Crippen LogP contribution is 2.26. The zero-order chi connectivity index (χ0) is 14.8. The van der Waals surface area contributed by atoms with Gasteiger partial charge in [-0.3, -0.25) is 0 Å². The summed E-state index contributed by atoms with van der Waals surface area (Å²) >= 11 is 0. The summed E-state index contributed by atoms with van der Waals surface area (Å²) in [6.07, 6.45) is 3.33. The number of sulfonamides is 1. The van der Waals surface area contributed by atoms with Crippen LogP contribution in [0.2, 0.25) is 0 Å². The molecular formula is C13H18F2N2O2S. The molecule has 1 saturated carbocycles. The van der Waals surface area contributed by atoms with E-state index in [1.165, 1.54) is 0 Å². The molecule has 112 valence electrons. The van der Waals surface area contributed by atoms with E-state index in [1.807, 2.05) is 0 Å². The van der Waals surface area contributed by atoms with Crippen molar-refractivity contribution in [1.82, 2.24) is 4.72 Å². The van der Waals surface area contributed by atoms with Crippen LogP contribution < -0.4 is 10.5 Å². The van der Waals surface area contributed by atoms with E-state index < -0.39 is 26.6 Å². The molecule has 1 fully saturated rings. The van der Waals surface area contributed by atoms with E-state index in [1.54, 1.807) is 0 Å². The van der Waals surface area contributed by atoms with Gasteiger partial charge in [-0.25, -0.2) is 21.9 Å². The van der Waals surface area contributed by atoms with Crippen molar-refractivity contribution in [2.75, 3.05) is 6.54 Å². The quantitative estimate of drug-likeness (QED) is 0.890. The van der Waals surface area contributed by atoms with Crippen LogP contribution in [0.15, 0.2) is 23.1 Å². The van der Waals surface area contributed by atoms with E-state index in [2.05, 4.69) is 4.72 Å². The monoisotopic (exact) mass is 304 g/mol. The fourth-order valence-electron chi connectivity index (χ4n) is 2.64. The Morgan fingerprint density at radius 3 is 2.40 bits per heavy atom. The summed E-state index contributed by atoms with van der Waals surface area (Å²) in [6, 6.07) is 2.63. The van der Waals surface area contributed by atoms with Crippen molar-refractivity contribution in [3.8, 4) is 0 Å². The normalized spacial score (nSPS) is 23.8. The van der Waals surface area contributed by atoms with Crippen molar-refractivity contribution < 1.29 is 17.2 Å². The zero-order valence-corrected chi connectivity index (χ0v) is 11.8. The molecule has 7 heteroatoms. The van der Waals surface area contributed by atoms with Crippen molar-refractivity contribution in [2.24, 2.45) is 11.7 Å². The molecule has 0 radical (unpaired) electrons. The molecule has 1 aromatic carbocycles. The average molecular weight is 304 g/mol. The van der Waals surface area contributed by atoms with E-state index in [0.29, 0.717) is 13.0 Å². The molecule has 1 aromatic rings. The number of nitrogens with two attached hydrogens (primary N) is 1. The summed E-state index contributed by atoms with van der Waals surface area (Å²) in [5.41, 5.74) is 5.63. The number of rotatable bonds is 4. The molecule has 4 nitrogen and oxygen atoms in total. The predicted molar refractivity (Wildman–Crippen MR) is 71.5 cm³/mol. The third-order valence-corrected chi connectivity index (χ3v) is 5.25. The second-order valence-corrected chi connectivity index (χ2v) is 6.71. The third-order valence-electron chi connectivity index (χ3n) is 3.71. The van der Waals surface area contributed by atoms with Crippen LogP contribution in [0.4, 0.5) is 8.78 Å². The predicted octanol–water partition coefficient (Wildman–Crippen LogP) is 1.76. The standard InChI is InChI=1S/C13H18F2N2O2S/c14-10-5-3-6-11(15)13(10)20(18,19)17-12-7-2-1-4-9(12)8-16/h3,5-6,9,12,17H,1-2,4,7-8,16H2. The highest BCUT2D eigenvalue weighted by Gasteiger charge is 2.31. The second kappa shape index (κ2) is 6.15. The maximum atomic E-state index is 13.6. The number of halogens is 2. The fourth-order valence-corrected chi connectivity index (χ4v) is 4.12. The molecule has 3 N–H and O–H groups in total. The summed E-state index contributed by atoms with van der Waals surface area (Å²) in [4.78, 5) is -0.915. The number of nitrogens with one attached hydrogen (secondary N) is 1. The summed E-state index contributed by atoms with van der Waals surface area (Å²) in [5.74, 6) is -2.16. The summed E-state index contributed by atoms with van der Waals surface area (Å²) < 4.78 is 53.9. The Hall–Kier alpha value is -1.05. The lowest BCUT2D eigenvalue weighted by Gasteiger charge is -2.31. The summed E-state index contributed by atoms with van der Waals surface area (Å²) in [5, 5.41) is 0. The third kappa shape index (κ3) is 3.16. The second-order valence-electron chi connectivity index (χ2n) is 5.06. The first-order valence-electron chi connectivity index (χ1n) is 6.62. The van der Waals surface area contributed by atoms with Crippen LogP contribution in [0, 0.1) is 17.6 Å². The largest absolute Gasteiger partial charge is 0.330 e. The van der Waals surface area contributed by atoms with Gasteiger partial charge in [0.15, 0.2) is 4.90 Å². The van der Waals surface area contributed by atoms with Gasteiger partial charge in [-0.2, -0.15) is 0 Å². The zero-order valence-electron chi connectivity index (χ0n) is 11.0. The van der Waals surface area contributed by atoms with Crippen LogP contribution in [-0.4, -0.2) is 21.0 Å². The lowest BCUT2D eigenvalue weighted by Crippen LogP contribution is -2.45. The molecule has 0 heterocycles. The van der Waals surface area contributed by atoms with Gasteiger partial charge in [-0.15, -0.1) is 0 Å². The molecule has 0 saturated heterocycles. The Kier molecular flexibility index (Phi) is 4.72. The minimum absolute atomic E-state index is 0.00774. The molecule has 0 bridgehead atoms. The highest BCUT2D eigenvalue weighted by molar-refractivity contribution is 7.89. The summed E-state index contributed by atoms with van der Waals surface area (Å²) in [6.45, 7) is 0.354. The van der Waals surface area contributed by atoms with Gasteiger partial charge in [0.25, 0.3) is 0 Å². The Labute approximate surface area is 117 Å². The van der Waals surface area contributed by atoms with Crippen LogP contribution in [0.5, 0.6) is 0 Å². The molecule has 2 unspecified atom stereocenters. The molecular weight excluding hydrogens is 286 g/mol. The Balaban J connectivity index is 2.27. The van der Waals surface area contributed by atoms with Gasteiger partial charge >= 0.3 is 0 Å². The maximum Gasteiger partial charge on any atom is 0.246 e. The molecule has 0 spiro atoms. The molecule has 2 rings (SSSR count). The van der Waals surface area contributed by atoms with E-state index in [0.717, 1.165) is 37.5 Å². The van der Waals surface area contributed by atoms with Gasteiger partial charge in [-0.1, -0.05) is 18.9 Å². The number of hydrogen-bond donors (Lipinski definition) is 2. The van der Waals surface area contributed by atoms with Crippen molar-refractivity contribution >= 4 is 10.0 Å². The van der Waals surface area contributed by atoms with Crippen LogP contribution >= 0.6 is 0 Å². The van der Waals surface area contributed by atoms with E-state index >= 15 is 0 Å². The first kappa shape index (κ1) is 15.3. The molecule has 20 heavy (non-hydrogen) atoms. The molecule has 2 atom stereocenters. The minimum atomic E-state index is -4.22. The first-order chi connectivity index (χ1) is 9.45. The molecule has 0 aliphatic heterocycles. The minimum Gasteiger partial charge on any atom is -0.330 e. The first-order valence-corrected chi connectivity index (χ1v) is 8.10. The lowest BCUT2D eigenvalue weighted by atomic mass is 9.85. The SMILES string of the molecule is NCC1CCCCC1NS(=O)(=O)c1c(F)cccc1F. The van der Waals surface area contributed by atoms with E-state index in [-0.39, 0.29) is 12.0 Å². The van der Waals surface area contributed by atoms with E-state index in [4.69, 9.17) is 5.73 Å². The van der Waals surface area contributed by atoms with Crippen molar-refractivity contribution in [2.45, 2.75) is 36.6 Å². The van der Waals surface area contributed by atoms with Gasteiger partial charge in [0.05, 0.1) is 0 Å². The Morgan fingerprint density at radius 2 is 1.80 bits per heavy atom. The van der Waals surface area contributed by atoms with Gasteiger partial charge in [0, 0.05) is 6.04 Å². The Morgan fingerprint density at radius 1 is 1.20 bits per heavy atom.